The van der Waals surface area contributed by atoms with Crippen molar-refractivity contribution in [1.29, 1.82) is 0 Å². The van der Waals surface area contributed by atoms with Crippen molar-refractivity contribution in [2.45, 2.75) is 25.4 Å². The minimum absolute atomic E-state index is 0.568. The molecule has 21 heavy (non-hydrogen) atoms. The molecular formula is C15H19BrN4O. The van der Waals surface area contributed by atoms with Gasteiger partial charge in [-0.15, -0.1) is 10.2 Å². The van der Waals surface area contributed by atoms with Crippen LogP contribution in [0.5, 0.6) is 0 Å². The van der Waals surface area contributed by atoms with Crippen LogP contribution in [0.2, 0.25) is 0 Å². The topological polar surface area (TPSA) is 54.2 Å². The summed E-state index contributed by atoms with van der Waals surface area (Å²) in [7, 11) is 1.99. The van der Waals surface area contributed by atoms with Crippen LogP contribution < -0.4 is 5.32 Å². The normalized spacial score (nSPS) is 19.2. The number of nitrogens with one attached hydrogen (secondary N) is 1. The number of likely N-dealkylation sites (tertiary alicyclic amines) is 1. The minimum Gasteiger partial charge on any atom is -0.419 e. The Balaban J connectivity index is 1.69. The first-order valence-corrected chi connectivity index (χ1v) is 8.02. The van der Waals surface area contributed by atoms with Crippen LogP contribution in [0.4, 0.5) is 0 Å². The Morgan fingerprint density at radius 2 is 2.14 bits per heavy atom. The van der Waals surface area contributed by atoms with Crippen LogP contribution in [0.15, 0.2) is 33.2 Å². The summed E-state index contributed by atoms with van der Waals surface area (Å²) >= 11 is 3.42. The van der Waals surface area contributed by atoms with Gasteiger partial charge in [-0.1, -0.05) is 15.9 Å². The smallest absolute Gasteiger partial charge is 0.247 e. The summed E-state index contributed by atoms with van der Waals surface area (Å²) in [5.74, 6) is 1.28. The van der Waals surface area contributed by atoms with Crippen LogP contribution in [-0.2, 0) is 6.54 Å². The van der Waals surface area contributed by atoms with E-state index in [4.69, 9.17) is 4.42 Å². The van der Waals surface area contributed by atoms with E-state index in [1.54, 1.807) is 0 Å². The highest BCUT2D eigenvalue weighted by Crippen LogP contribution is 2.23. The number of likely N-dealkylation sites (N-methyl/N-ethyl adjacent to an activating group) is 1. The van der Waals surface area contributed by atoms with E-state index >= 15 is 0 Å². The summed E-state index contributed by atoms with van der Waals surface area (Å²) < 4.78 is 6.84. The van der Waals surface area contributed by atoms with E-state index < -0.39 is 0 Å². The zero-order valence-corrected chi connectivity index (χ0v) is 13.6. The summed E-state index contributed by atoms with van der Waals surface area (Å²) in [5.41, 5.74) is 0.949. The Hall–Kier alpha value is -1.24. The molecule has 112 valence electrons. The van der Waals surface area contributed by atoms with Crippen molar-refractivity contribution in [1.82, 2.24) is 20.4 Å². The number of aromatic nitrogens is 2. The fourth-order valence-corrected chi connectivity index (χ4v) is 3.03. The molecule has 2 aromatic rings. The molecule has 1 atom stereocenters. The highest BCUT2D eigenvalue weighted by Gasteiger charge is 2.25. The fourth-order valence-electron chi connectivity index (χ4n) is 2.77. The second-order valence-corrected chi connectivity index (χ2v) is 6.25. The Labute approximate surface area is 132 Å². The average Bonchev–Trinajstić information content (AvgIpc) is 3.11. The minimum atomic E-state index is 0.568. The maximum absolute atomic E-state index is 5.80. The third-order valence-corrected chi connectivity index (χ3v) is 4.36. The summed E-state index contributed by atoms with van der Waals surface area (Å²) in [5, 5.41) is 11.6. The molecule has 0 saturated carbocycles. The highest BCUT2D eigenvalue weighted by atomic mass is 79.9. The first-order valence-electron chi connectivity index (χ1n) is 7.23. The van der Waals surface area contributed by atoms with Crippen LogP contribution >= 0.6 is 15.9 Å². The lowest BCUT2D eigenvalue weighted by Crippen LogP contribution is -2.36. The van der Waals surface area contributed by atoms with E-state index in [-0.39, 0.29) is 0 Å². The van der Waals surface area contributed by atoms with E-state index in [2.05, 4.69) is 36.3 Å². The lowest BCUT2D eigenvalue weighted by Gasteiger charge is -2.22. The molecule has 1 saturated heterocycles. The Bertz CT molecular complexity index is 584. The zero-order chi connectivity index (χ0) is 14.7. The number of nitrogens with zero attached hydrogens (tertiary/aromatic N) is 3. The van der Waals surface area contributed by atoms with Gasteiger partial charge in [0, 0.05) is 22.6 Å². The molecule has 1 aliphatic rings. The molecule has 0 radical (unpaired) electrons. The quantitative estimate of drug-likeness (QED) is 0.898. The lowest BCUT2D eigenvalue weighted by atomic mass is 10.2. The van der Waals surface area contributed by atoms with E-state index in [1.165, 1.54) is 12.8 Å². The number of halogens is 1. The van der Waals surface area contributed by atoms with Gasteiger partial charge in [0.05, 0.1) is 6.54 Å². The predicted molar refractivity (Wildman–Crippen MR) is 84.8 cm³/mol. The summed E-state index contributed by atoms with van der Waals surface area (Å²) in [6, 6.07) is 8.46. The SMILES string of the molecule is CNCC1CCCN1Cc1nnc(-c2ccc(Br)cc2)o1. The van der Waals surface area contributed by atoms with Gasteiger partial charge in [-0.2, -0.15) is 0 Å². The predicted octanol–water partition coefficient (Wildman–Crippen LogP) is 2.68. The van der Waals surface area contributed by atoms with Crippen molar-refractivity contribution in [3.63, 3.8) is 0 Å². The molecule has 5 nitrogen and oxygen atoms in total. The van der Waals surface area contributed by atoms with Gasteiger partial charge < -0.3 is 9.73 Å². The summed E-state index contributed by atoms with van der Waals surface area (Å²) in [4.78, 5) is 2.41. The second-order valence-electron chi connectivity index (χ2n) is 5.33. The molecule has 6 heteroatoms. The molecule has 1 aliphatic heterocycles. The molecule has 0 bridgehead atoms. The van der Waals surface area contributed by atoms with Gasteiger partial charge in [0.2, 0.25) is 11.8 Å². The first-order chi connectivity index (χ1) is 10.3. The van der Waals surface area contributed by atoms with Crippen molar-refractivity contribution in [2.75, 3.05) is 20.1 Å². The van der Waals surface area contributed by atoms with Gasteiger partial charge >= 0.3 is 0 Å². The van der Waals surface area contributed by atoms with Gasteiger partial charge in [-0.05, 0) is 50.7 Å². The number of hydrogen-bond acceptors (Lipinski definition) is 5. The standard InChI is InChI=1S/C15H19BrN4O/c1-17-9-13-3-2-8-20(13)10-14-18-19-15(21-14)11-4-6-12(16)7-5-11/h4-7,13,17H,2-3,8-10H2,1H3. The molecule has 3 rings (SSSR count). The highest BCUT2D eigenvalue weighted by molar-refractivity contribution is 9.10. The molecule has 2 heterocycles. The van der Waals surface area contributed by atoms with E-state index in [0.717, 1.165) is 29.7 Å². The largest absolute Gasteiger partial charge is 0.419 e. The first kappa shape index (κ1) is 14.7. The summed E-state index contributed by atoms with van der Waals surface area (Å²) in [6.45, 7) is 2.84. The number of benzene rings is 1. The van der Waals surface area contributed by atoms with Crippen LogP contribution in [0.1, 0.15) is 18.7 Å². The second kappa shape index (κ2) is 6.68. The molecule has 1 aromatic heterocycles. The van der Waals surface area contributed by atoms with Crippen molar-refractivity contribution in [3.8, 4) is 11.5 Å². The van der Waals surface area contributed by atoms with Gasteiger partial charge in [0.15, 0.2) is 0 Å². The zero-order valence-electron chi connectivity index (χ0n) is 12.1. The Kier molecular flexibility index (Phi) is 4.67. The maximum Gasteiger partial charge on any atom is 0.247 e. The molecule has 0 spiro atoms. The molecule has 1 unspecified atom stereocenters. The molecule has 1 fully saturated rings. The Morgan fingerprint density at radius 3 is 2.90 bits per heavy atom. The van der Waals surface area contributed by atoms with Gasteiger partial charge in [0.1, 0.15) is 0 Å². The van der Waals surface area contributed by atoms with Crippen LogP contribution in [0.3, 0.4) is 0 Å². The molecule has 1 N–H and O–H groups in total. The Morgan fingerprint density at radius 1 is 1.33 bits per heavy atom. The van der Waals surface area contributed by atoms with Gasteiger partial charge in [0.25, 0.3) is 0 Å². The van der Waals surface area contributed by atoms with E-state index in [0.29, 0.717) is 17.8 Å². The lowest BCUT2D eigenvalue weighted by molar-refractivity contribution is 0.220. The third kappa shape index (κ3) is 3.51. The maximum atomic E-state index is 5.80. The van der Waals surface area contributed by atoms with E-state index in [9.17, 15) is 0 Å². The van der Waals surface area contributed by atoms with Crippen molar-refractivity contribution < 1.29 is 4.42 Å². The molecular weight excluding hydrogens is 332 g/mol. The van der Waals surface area contributed by atoms with Gasteiger partial charge in [-0.3, -0.25) is 4.90 Å². The number of hydrogen-bond donors (Lipinski definition) is 1. The third-order valence-electron chi connectivity index (χ3n) is 3.84. The monoisotopic (exact) mass is 350 g/mol. The fraction of sp³-hybridized carbons (Fsp3) is 0.467. The molecule has 0 aliphatic carbocycles. The van der Waals surface area contributed by atoms with E-state index in [1.807, 2.05) is 31.3 Å². The van der Waals surface area contributed by atoms with Crippen LogP contribution in [0, 0.1) is 0 Å². The average molecular weight is 351 g/mol. The van der Waals surface area contributed by atoms with Crippen molar-refractivity contribution in [3.05, 3.63) is 34.6 Å². The van der Waals surface area contributed by atoms with Crippen LogP contribution in [-0.4, -0.2) is 41.3 Å². The molecule has 0 amide bonds. The molecule has 1 aromatic carbocycles. The van der Waals surface area contributed by atoms with Crippen molar-refractivity contribution >= 4 is 15.9 Å². The van der Waals surface area contributed by atoms with Gasteiger partial charge in [-0.25, -0.2) is 0 Å². The van der Waals surface area contributed by atoms with Crippen LogP contribution in [0.25, 0.3) is 11.5 Å². The number of rotatable bonds is 5. The van der Waals surface area contributed by atoms with Crippen molar-refractivity contribution in [2.24, 2.45) is 0 Å². The summed E-state index contributed by atoms with van der Waals surface area (Å²) in [6.07, 6.45) is 2.47.